The number of piperidine rings is 1. The number of hydrogen-bond donors (Lipinski definition) is 1. The maximum absolute atomic E-state index is 3.60. The fraction of sp³-hybridized carbons (Fsp3) is 0.333. The maximum atomic E-state index is 3.60. The summed E-state index contributed by atoms with van der Waals surface area (Å²) in [6.07, 6.45) is 2.39. The average Bonchev–Trinajstić information content (AvgIpc) is 2.49. The van der Waals surface area contributed by atoms with E-state index in [4.69, 9.17) is 0 Å². The van der Waals surface area contributed by atoms with Crippen LogP contribution >= 0.6 is 15.9 Å². The third-order valence-corrected chi connectivity index (χ3v) is 4.72. The number of hydrogen-bond acceptors (Lipinski definition) is 1. The lowest BCUT2D eigenvalue weighted by Crippen LogP contribution is -2.36. The van der Waals surface area contributed by atoms with Crippen LogP contribution in [0.3, 0.4) is 0 Å². The van der Waals surface area contributed by atoms with Crippen LogP contribution in [0.25, 0.3) is 0 Å². The van der Waals surface area contributed by atoms with Gasteiger partial charge in [-0.1, -0.05) is 58.4 Å². The largest absolute Gasteiger partial charge is 0.316 e. The van der Waals surface area contributed by atoms with Gasteiger partial charge in [-0.15, -0.1) is 0 Å². The molecule has 0 bridgehead atoms. The van der Waals surface area contributed by atoms with Gasteiger partial charge in [0.2, 0.25) is 0 Å². The van der Waals surface area contributed by atoms with Crippen molar-refractivity contribution < 1.29 is 0 Å². The first-order chi connectivity index (χ1) is 9.83. The summed E-state index contributed by atoms with van der Waals surface area (Å²) in [5.74, 6) is 1.34. The molecule has 1 aliphatic heterocycles. The summed E-state index contributed by atoms with van der Waals surface area (Å²) in [6.45, 7) is 2.24. The molecule has 2 aromatic rings. The highest BCUT2D eigenvalue weighted by molar-refractivity contribution is 9.10. The quantitative estimate of drug-likeness (QED) is 0.880. The van der Waals surface area contributed by atoms with Crippen LogP contribution in [0.1, 0.15) is 23.5 Å². The van der Waals surface area contributed by atoms with E-state index in [9.17, 15) is 0 Å². The molecule has 1 N–H and O–H groups in total. The number of nitrogens with one attached hydrogen (secondary N) is 1. The lowest BCUT2D eigenvalue weighted by atomic mass is 9.78. The molecule has 2 aromatic carbocycles. The molecular weight excluding hydrogens is 310 g/mol. The first kappa shape index (κ1) is 13.8. The molecule has 2 unspecified atom stereocenters. The Labute approximate surface area is 129 Å². The van der Waals surface area contributed by atoms with Crippen molar-refractivity contribution in [3.63, 3.8) is 0 Å². The van der Waals surface area contributed by atoms with Crippen molar-refractivity contribution in [2.75, 3.05) is 13.1 Å². The van der Waals surface area contributed by atoms with Crippen molar-refractivity contribution >= 4 is 15.9 Å². The van der Waals surface area contributed by atoms with Crippen LogP contribution in [-0.4, -0.2) is 13.1 Å². The molecule has 0 spiro atoms. The molecule has 3 rings (SSSR count). The van der Waals surface area contributed by atoms with Gasteiger partial charge in [0.05, 0.1) is 0 Å². The SMILES string of the molecule is Brc1cccc(C2CCNCC2Cc2ccccc2)c1. The Morgan fingerprint density at radius 1 is 1.05 bits per heavy atom. The minimum Gasteiger partial charge on any atom is -0.316 e. The Hall–Kier alpha value is -1.12. The van der Waals surface area contributed by atoms with E-state index in [1.807, 2.05) is 0 Å². The van der Waals surface area contributed by atoms with Crippen LogP contribution < -0.4 is 5.32 Å². The Bertz CT molecular complexity index is 552. The van der Waals surface area contributed by atoms with Gasteiger partial charge in [0.15, 0.2) is 0 Å². The van der Waals surface area contributed by atoms with Crippen molar-refractivity contribution in [3.05, 3.63) is 70.2 Å². The van der Waals surface area contributed by atoms with Crippen LogP contribution in [0.15, 0.2) is 59.1 Å². The van der Waals surface area contributed by atoms with Crippen molar-refractivity contribution in [3.8, 4) is 0 Å². The Kier molecular flexibility index (Phi) is 4.54. The van der Waals surface area contributed by atoms with E-state index in [0.717, 1.165) is 19.5 Å². The fourth-order valence-electron chi connectivity index (χ4n) is 3.23. The predicted molar refractivity (Wildman–Crippen MR) is 88.0 cm³/mol. The van der Waals surface area contributed by atoms with Gasteiger partial charge in [-0.2, -0.15) is 0 Å². The molecule has 1 heterocycles. The summed E-state index contributed by atoms with van der Waals surface area (Å²) >= 11 is 3.60. The number of rotatable bonds is 3. The molecule has 1 fully saturated rings. The molecule has 20 heavy (non-hydrogen) atoms. The van der Waals surface area contributed by atoms with Crippen molar-refractivity contribution in [2.45, 2.75) is 18.8 Å². The highest BCUT2D eigenvalue weighted by atomic mass is 79.9. The summed E-state index contributed by atoms with van der Waals surface area (Å²) in [4.78, 5) is 0. The Balaban J connectivity index is 1.80. The highest BCUT2D eigenvalue weighted by Gasteiger charge is 2.26. The zero-order valence-electron chi connectivity index (χ0n) is 11.6. The van der Waals surface area contributed by atoms with Crippen LogP contribution in [0, 0.1) is 5.92 Å². The summed E-state index contributed by atoms with van der Waals surface area (Å²) in [5.41, 5.74) is 2.92. The summed E-state index contributed by atoms with van der Waals surface area (Å²) in [6, 6.07) is 19.7. The molecule has 104 valence electrons. The Morgan fingerprint density at radius 2 is 1.90 bits per heavy atom. The third kappa shape index (κ3) is 3.31. The molecule has 0 saturated carbocycles. The van der Waals surface area contributed by atoms with Gasteiger partial charge in [-0.25, -0.2) is 0 Å². The maximum Gasteiger partial charge on any atom is 0.0178 e. The summed E-state index contributed by atoms with van der Waals surface area (Å²) in [7, 11) is 0. The smallest absolute Gasteiger partial charge is 0.0178 e. The second kappa shape index (κ2) is 6.55. The van der Waals surface area contributed by atoms with Crippen LogP contribution in [-0.2, 0) is 6.42 Å². The van der Waals surface area contributed by atoms with E-state index < -0.39 is 0 Å². The zero-order chi connectivity index (χ0) is 13.8. The monoisotopic (exact) mass is 329 g/mol. The number of halogens is 1. The molecule has 0 aliphatic carbocycles. The zero-order valence-corrected chi connectivity index (χ0v) is 13.1. The van der Waals surface area contributed by atoms with Crippen molar-refractivity contribution in [1.29, 1.82) is 0 Å². The lowest BCUT2D eigenvalue weighted by molar-refractivity contribution is 0.324. The van der Waals surface area contributed by atoms with E-state index in [2.05, 4.69) is 75.8 Å². The fourth-order valence-corrected chi connectivity index (χ4v) is 3.65. The lowest BCUT2D eigenvalue weighted by Gasteiger charge is -2.33. The first-order valence-electron chi connectivity index (χ1n) is 7.33. The van der Waals surface area contributed by atoms with E-state index >= 15 is 0 Å². The van der Waals surface area contributed by atoms with Gasteiger partial charge >= 0.3 is 0 Å². The molecular formula is C18H20BrN. The average molecular weight is 330 g/mol. The van der Waals surface area contributed by atoms with E-state index in [1.54, 1.807) is 0 Å². The molecule has 2 heteroatoms. The third-order valence-electron chi connectivity index (χ3n) is 4.23. The van der Waals surface area contributed by atoms with Crippen LogP contribution in [0.5, 0.6) is 0 Å². The van der Waals surface area contributed by atoms with Gasteiger partial charge < -0.3 is 5.32 Å². The normalized spacial score (nSPS) is 22.6. The summed E-state index contributed by atoms with van der Waals surface area (Å²) < 4.78 is 1.19. The second-order valence-corrected chi connectivity index (χ2v) is 6.52. The van der Waals surface area contributed by atoms with Crippen LogP contribution in [0.4, 0.5) is 0 Å². The first-order valence-corrected chi connectivity index (χ1v) is 8.12. The van der Waals surface area contributed by atoms with E-state index in [1.165, 1.54) is 22.0 Å². The molecule has 1 aliphatic rings. The van der Waals surface area contributed by atoms with Crippen molar-refractivity contribution in [2.24, 2.45) is 5.92 Å². The van der Waals surface area contributed by atoms with Gasteiger partial charge in [-0.3, -0.25) is 0 Å². The highest BCUT2D eigenvalue weighted by Crippen LogP contribution is 2.33. The predicted octanol–water partition coefficient (Wildman–Crippen LogP) is 4.38. The topological polar surface area (TPSA) is 12.0 Å². The Morgan fingerprint density at radius 3 is 2.70 bits per heavy atom. The minimum absolute atomic E-state index is 0.661. The second-order valence-electron chi connectivity index (χ2n) is 5.60. The van der Waals surface area contributed by atoms with E-state index in [0.29, 0.717) is 11.8 Å². The van der Waals surface area contributed by atoms with Gasteiger partial charge in [0.1, 0.15) is 0 Å². The molecule has 0 amide bonds. The van der Waals surface area contributed by atoms with Gasteiger partial charge in [0, 0.05) is 4.47 Å². The minimum atomic E-state index is 0.661. The summed E-state index contributed by atoms with van der Waals surface area (Å²) in [5, 5.41) is 3.56. The standard InChI is InChI=1S/C18H20BrN/c19-17-8-4-7-15(12-17)18-9-10-20-13-16(18)11-14-5-2-1-3-6-14/h1-8,12,16,18,20H,9-11,13H2. The van der Waals surface area contributed by atoms with Crippen LogP contribution in [0.2, 0.25) is 0 Å². The number of benzene rings is 2. The molecule has 1 saturated heterocycles. The van der Waals surface area contributed by atoms with Gasteiger partial charge in [-0.05, 0) is 61.0 Å². The van der Waals surface area contributed by atoms with Gasteiger partial charge in [0.25, 0.3) is 0 Å². The molecule has 2 atom stereocenters. The molecule has 1 nitrogen and oxygen atoms in total. The van der Waals surface area contributed by atoms with Crippen molar-refractivity contribution in [1.82, 2.24) is 5.32 Å². The molecule has 0 aromatic heterocycles. The van der Waals surface area contributed by atoms with E-state index in [-0.39, 0.29) is 0 Å². The molecule has 0 radical (unpaired) electrons.